The summed E-state index contributed by atoms with van der Waals surface area (Å²) in [5.41, 5.74) is 0.0737. The van der Waals surface area contributed by atoms with Gasteiger partial charge in [-0.25, -0.2) is 27.7 Å². The number of aromatic nitrogens is 1. The molecule has 198 valence electrons. The van der Waals surface area contributed by atoms with E-state index < -0.39 is 27.7 Å². The Hall–Kier alpha value is -2.70. The van der Waals surface area contributed by atoms with Crippen molar-refractivity contribution in [3.05, 3.63) is 29.4 Å². The Morgan fingerprint density at radius 1 is 1.17 bits per heavy atom. The van der Waals surface area contributed by atoms with Gasteiger partial charge in [0, 0.05) is 34.9 Å². The summed E-state index contributed by atoms with van der Waals surface area (Å²) < 4.78 is 34.5. The Morgan fingerprint density at radius 3 is 2.42 bits per heavy atom. The SMILES string of the molecule is CC(C)OC(=O)Nc1ccc(-c2cnc(C3CCC(NC(=O)O)CC3)s2)c(S(=O)(=O)NC(C)(C)C)c1. The Bertz CT molecular complexity index is 1200. The van der Waals surface area contributed by atoms with E-state index in [0.29, 0.717) is 16.1 Å². The number of amides is 2. The number of carbonyl (C=O) groups excluding carboxylic acids is 1. The Labute approximate surface area is 215 Å². The van der Waals surface area contributed by atoms with Crippen molar-refractivity contribution in [3.63, 3.8) is 0 Å². The van der Waals surface area contributed by atoms with Crippen LogP contribution in [0.1, 0.15) is 71.2 Å². The highest BCUT2D eigenvalue weighted by Crippen LogP contribution is 2.40. The summed E-state index contributed by atoms with van der Waals surface area (Å²) in [6.45, 7) is 8.72. The van der Waals surface area contributed by atoms with E-state index in [1.807, 2.05) is 0 Å². The third kappa shape index (κ3) is 7.65. The lowest BCUT2D eigenvalue weighted by Gasteiger charge is -2.27. The topological polar surface area (TPSA) is 147 Å². The molecular formula is C24H34N4O6S2. The number of rotatable bonds is 7. The summed E-state index contributed by atoms with van der Waals surface area (Å²) in [7, 11) is -3.94. The first-order valence-electron chi connectivity index (χ1n) is 11.8. The lowest BCUT2D eigenvalue weighted by molar-refractivity contribution is 0.130. The average Bonchev–Trinajstić information content (AvgIpc) is 3.21. The zero-order valence-corrected chi connectivity index (χ0v) is 22.8. The zero-order valence-electron chi connectivity index (χ0n) is 21.1. The summed E-state index contributed by atoms with van der Waals surface area (Å²) in [6, 6.07) is 4.66. The van der Waals surface area contributed by atoms with E-state index in [0.717, 1.165) is 30.7 Å². The molecule has 1 aromatic heterocycles. The van der Waals surface area contributed by atoms with Gasteiger partial charge in [0.2, 0.25) is 10.0 Å². The normalized spacial score (nSPS) is 18.6. The molecule has 1 aliphatic rings. The van der Waals surface area contributed by atoms with E-state index >= 15 is 0 Å². The van der Waals surface area contributed by atoms with E-state index in [9.17, 15) is 18.0 Å². The number of carbonyl (C=O) groups is 2. The molecule has 12 heteroatoms. The molecular weight excluding hydrogens is 504 g/mol. The number of anilines is 1. The second-order valence-corrected chi connectivity index (χ2v) is 12.9. The quantitative estimate of drug-likeness (QED) is 0.382. The third-order valence-electron chi connectivity index (χ3n) is 5.49. The van der Waals surface area contributed by atoms with E-state index in [4.69, 9.17) is 9.84 Å². The molecule has 1 aromatic carbocycles. The van der Waals surface area contributed by atoms with Gasteiger partial charge in [-0.05, 0) is 72.4 Å². The van der Waals surface area contributed by atoms with Gasteiger partial charge in [-0.1, -0.05) is 6.07 Å². The number of carboxylic acid groups (broad SMARTS) is 1. The molecule has 2 amide bonds. The average molecular weight is 539 g/mol. The molecule has 1 aliphatic carbocycles. The second kappa shape index (κ2) is 11.1. The second-order valence-electron chi connectivity index (χ2n) is 10.2. The smallest absolute Gasteiger partial charge is 0.411 e. The van der Waals surface area contributed by atoms with Gasteiger partial charge >= 0.3 is 12.2 Å². The van der Waals surface area contributed by atoms with E-state index in [2.05, 4.69) is 20.3 Å². The van der Waals surface area contributed by atoms with Crippen LogP contribution in [-0.4, -0.2) is 48.4 Å². The van der Waals surface area contributed by atoms with Gasteiger partial charge < -0.3 is 15.2 Å². The first kappa shape index (κ1) is 27.9. The Morgan fingerprint density at radius 2 is 1.83 bits per heavy atom. The maximum Gasteiger partial charge on any atom is 0.411 e. The van der Waals surface area contributed by atoms with Crippen LogP contribution in [0.4, 0.5) is 15.3 Å². The number of hydrogen-bond donors (Lipinski definition) is 4. The number of nitrogens with one attached hydrogen (secondary N) is 3. The maximum atomic E-state index is 13.4. The summed E-state index contributed by atoms with van der Waals surface area (Å²) in [6.07, 6.45) is 2.74. The molecule has 0 bridgehead atoms. The molecule has 1 heterocycles. The number of hydrogen-bond acceptors (Lipinski definition) is 7. The van der Waals surface area contributed by atoms with Crippen molar-refractivity contribution in [1.29, 1.82) is 0 Å². The molecule has 3 rings (SSSR count). The fourth-order valence-corrected chi connectivity index (χ4v) is 6.96. The highest BCUT2D eigenvalue weighted by atomic mass is 32.2. The maximum absolute atomic E-state index is 13.4. The first-order valence-corrected chi connectivity index (χ1v) is 14.1. The van der Waals surface area contributed by atoms with Gasteiger partial charge in [0.05, 0.1) is 20.9 Å². The van der Waals surface area contributed by atoms with Crippen molar-refractivity contribution in [1.82, 2.24) is 15.0 Å². The van der Waals surface area contributed by atoms with Crippen LogP contribution < -0.4 is 15.4 Å². The number of sulfonamides is 1. The van der Waals surface area contributed by atoms with Crippen LogP contribution in [0.15, 0.2) is 29.3 Å². The minimum Gasteiger partial charge on any atom is -0.465 e. The molecule has 0 aliphatic heterocycles. The largest absolute Gasteiger partial charge is 0.465 e. The highest BCUT2D eigenvalue weighted by Gasteiger charge is 2.29. The van der Waals surface area contributed by atoms with Gasteiger partial charge in [-0.15, -0.1) is 11.3 Å². The lowest BCUT2D eigenvalue weighted by Crippen LogP contribution is -2.40. The van der Waals surface area contributed by atoms with E-state index in [1.54, 1.807) is 52.9 Å². The molecule has 4 N–H and O–H groups in total. The van der Waals surface area contributed by atoms with Crippen molar-refractivity contribution >= 4 is 39.2 Å². The minimum atomic E-state index is -3.94. The highest BCUT2D eigenvalue weighted by molar-refractivity contribution is 7.89. The minimum absolute atomic E-state index is 0.0318. The van der Waals surface area contributed by atoms with Crippen molar-refractivity contribution in [2.24, 2.45) is 0 Å². The number of benzene rings is 1. The summed E-state index contributed by atoms with van der Waals surface area (Å²) >= 11 is 1.43. The number of thiazole rings is 1. The Balaban J connectivity index is 1.90. The molecule has 0 unspecified atom stereocenters. The molecule has 1 saturated carbocycles. The van der Waals surface area contributed by atoms with Crippen molar-refractivity contribution in [2.45, 2.75) is 88.8 Å². The fraction of sp³-hybridized carbons (Fsp3) is 0.542. The van der Waals surface area contributed by atoms with Crippen LogP contribution in [0.2, 0.25) is 0 Å². The van der Waals surface area contributed by atoms with Gasteiger partial charge in [0.1, 0.15) is 0 Å². The number of ether oxygens (including phenoxy) is 1. The van der Waals surface area contributed by atoms with E-state index in [-0.39, 0.29) is 23.0 Å². The molecule has 0 atom stereocenters. The van der Waals surface area contributed by atoms with Crippen LogP contribution in [-0.2, 0) is 14.8 Å². The van der Waals surface area contributed by atoms with Crippen LogP contribution in [0.5, 0.6) is 0 Å². The predicted octanol–water partition coefficient (Wildman–Crippen LogP) is 5.14. The molecule has 0 spiro atoms. The van der Waals surface area contributed by atoms with Crippen LogP contribution in [0.3, 0.4) is 0 Å². The lowest BCUT2D eigenvalue weighted by atomic mass is 9.86. The molecule has 0 saturated heterocycles. The van der Waals surface area contributed by atoms with Gasteiger partial charge in [-0.3, -0.25) is 5.32 Å². The monoisotopic (exact) mass is 538 g/mol. The van der Waals surface area contributed by atoms with Crippen LogP contribution in [0.25, 0.3) is 10.4 Å². The van der Waals surface area contributed by atoms with Crippen molar-refractivity contribution in [3.8, 4) is 10.4 Å². The molecule has 0 radical (unpaired) electrons. The summed E-state index contributed by atoms with van der Waals surface area (Å²) in [5.74, 6) is 0.190. The standard InChI is InChI=1S/C24H34N4O6S2/c1-14(2)34-23(31)27-17-10-11-18(20(12-17)36(32,33)28-24(3,4)5)19-13-25-21(35-19)15-6-8-16(9-7-15)26-22(29)30/h10-16,26,28H,6-9H2,1-5H3,(H,27,31)(H,29,30). The van der Waals surface area contributed by atoms with E-state index in [1.165, 1.54) is 17.4 Å². The predicted molar refractivity (Wildman–Crippen MR) is 139 cm³/mol. The third-order valence-corrected chi connectivity index (χ3v) is 8.48. The van der Waals surface area contributed by atoms with Crippen molar-refractivity contribution in [2.75, 3.05) is 5.32 Å². The molecule has 10 nitrogen and oxygen atoms in total. The first-order chi connectivity index (χ1) is 16.7. The molecule has 1 fully saturated rings. The van der Waals surface area contributed by atoms with Crippen LogP contribution in [0, 0.1) is 0 Å². The van der Waals surface area contributed by atoms with Crippen LogP contribution >= 0.6 is 11.3 Å². The fourth-order valence-electron chi connectivity index (χ4n) is 4.11. The zero-order chi connectivity index (χ0) is 26.7. The molecule has 36 heavy (non-hydrogen) atoms. The number of nitrogens with zero attached hydrogens (tertiary/aromatic N) is 1. The Kier molecular flexibility index (Phi) is 8.63. The van der Waals surface area contributed by atoms with Gasteiger partial charge in [0.25, 0.3) is 0 Å². The molecule has 2 aromatic rings. The van der Waals surface area contributed by atoms with Gasteiger partial charge in [0.15, 0.2) is 0 Å². The summed E-state index contributed by atoms with van der Waals surface area (Å²) in [4.78, 5) is 28.3. The summed E-state index contributed by atoms with van der Waals surface area (Å²) in [5, 5.41) is 15.0. The van der Waals surface area contributed by atoms with Gasteiger partial charge in [-0.2, -0.15) is 0 Å². The van der Waals surface area contributed by atoms with Crippen molar-refractivity contribution < 1.29 is 27.9 Å².